The minimum atomic E-state index is -1.39. The zero-order valence-corrected chi connectivity index (χ0v) is 11.4. The fourth-order valence-electron chi connectivity index (χ4n) is 2.99. The van der Waals surface area contributed by atoms with E-state index in [1.54, 1.807) is 6.92 Å². The molecule has 0 aromatic rings. The van der Waals surface area contributed by atoms with E-state index in [9.17, 15) is 14.7 Å². The number of cyclic esters (lactones) is 2. The van der Waals surface area contributed by atoms with E-state index in [-0.39, 0.29) is 11.9 Å². The molecule has 2 atom stereocenters. The molecule has 0 aromatic carbocycles. The predicted octanol–water partition coefficient (Wildman–Crippen LogP) is 1.42. The molecule has 5 nitrogen and oxygen atoms in total. The van der Waals surface area contributed by atoms with Crippen LogP contribution in [0.2, 0.25) is 0 Å². The highest BCUT2D eigenvalue weighted by molar-refractivity contribution is 5.78. The van der Waals surface area contributed by atoms with Crippen molar-refractivity contribution in [3.8, 4) is 0 Å². The second-order valence-electron chi connectivity index (χ2n) is 5.66. The van der Waals surface area contributed by atoms with Gasteiger partial charge in [-0.2, -0.15) is 0 Å². The van der Waals surface area contributed by atoms with Gasteiger partial charge in [0.15, 0.2) is 0 Å². The molecule has 19 heavy (non-hydrogen) atoms. The molecule has 0 saturated carbocycles. The van der Waals surface area contributed by atoms with E-state index < -0.39 is 17.4 Å². The molecule has 2 fully saturated rings. The molecule has 2 aliphatic rings. The third-order valence-corrected chi connectivity index (χ3v) is 4.24. The molecule has 2 saturated heterocycles. The Kier molecular flexibility index (Phi) is 4.45. The fraction of sp³-hybridized carbons (Fsp3) is 0.857. The summed E-state index contributed by atoms with van der Waals surface area (Å²) < 4.78 is 10.2. The van der Waals surface area contributed by atoms with Gasteiger partial charge in [0, 0.05) is 0 Å². The normalized spacial score (nSPS) is 32.5. The van der Waals surface area contributed by atoms with Gasteiger partial charge in [-0.3, -0.25) is 9.59 Å². The van der Waals surface area contributed by atoms with Crippen molar-refractivity contribution >= 4 is 11.9 Å². The molecule has 2 aliphatic heterocycles. The monoisotopic (exact) mass is 270 g/mol. The molecule has 2 unspecified atom stereocenters. The molecule has 0 radical (unpaired) electrons. The molecule has 1 N–H and O–H groups in total. The van der Waals surface area contributed by atoms with Crippen LogP contribution in [-0.4, -0.2) is 35.9 Å². The van der Waals surface area contributed by atoms with Crippen molar-refractivity contribution in [3.63, 3.8) is 0 Å². The summed E-state index contributed by atoms with van der Waals surface area (Å²) in [6, 6.07) is 0. The minimum absolute atomic E-state index is 0.389. The van der Waals surface area contributed by atoms with Gasteiger partial charge in [0.05, 0.1) is 30.7 Å². The number of carbonyl (C=O) groups is 2. The van der Waals surface area contributed by atoms with E-state index in [0.29, 0.717) is 26.1 Å². The first kappa shape index (κ1) is 14.3. The Labute approximate surface area is 113 Å². The molecule has 2 rings (SSSR count). The van der Waals surface area contributed by atoms with Crippen LogP contribution in [0.1, 0.15) is 45.4 Å². The van der Waals surface area contributed by atoms with Crippen LogP contribution < -0.4 is 0 Å². The van der Waals surface area contributed by atoms with E-state index >= 15 is 0 Å². The minimum Gasteiger partial charge on any atom is -0.465 e. The van der Waals surface area contributed by atoms with E-state index in [1.165, 1.54) is 0 Å². The van der Waals surface area contributed by atoms with Crippen LogP contribution in [0.5, 0.6) is 0 Å². The first-order chi connectivity index (χ1) is 9.03. The van der Waals surface area contributed by atoms with E-state index in [2.05, 4.69) is 0 Å². The maximum atomic E-state index is 12.0. The van der Waals surface area contributed by atoms with Gasteiger partial charge < -0.3 is 14.6 Å². The summed E-state index contributed by atoms with van der Waals surface area (Å²) in [6.07, 6.45) is 4.41. The molecule has 0 aliphatic carbocycles. The van der Waals surface area contributed by atoms with Gasteiger partial charge in [0.1, 0.15) is 0 Å². The summed E-state index contributed by atoms with van der Waals surface area (Å²) in [5.74, 6) is -2.05. The van der Waals surface area contributed by atoms with Crippen molar-refractivity contribution in [1.29, 1.82) is 0 Å². The van der Waals surface area contributed by atoms with Crippen molar-refractivity contribution in [3.05, 3.63) is 0 Å². The summed E-state index contributed by atoms with van der Waals surface area (Å²) >= 11 is 0. The van der Waals surface area contributed by atoms with E-state index in [4.69, 9.17) is 9.47 Å². The Morgan fingerprint density at radius 1 is 0.947 bits per heavy atom. The summed E-state index contributed by atoms with van der Waals surface area (Å²) in [5.41, 5.74) is -1.39. The predicted molar refractivity (Wildman–Crippen MR) is 67.2 cm³/mol. The highest BCUT2D eigenvalue weighted by Crippen LogP contribution is 2.36. The van der Waals surface area contributed by atoms with Gasteiger partial charge >= 0.3 is 11.9 Å². The van der Waals surface area contributed by atoms with Crippen molar-refractivity contribution in [2.45, 2.75) is 51.0 Å². The molecule has 2 heterocycles. The van der Waals surface area contributed by atoms with Crippen LogP contribution in [0.25, 0.3) is 0 Å². The van der Waals surface area contributed by atoms with Crippen molar-refractivity contribution in [2.75, 3.05) is 13.2 Å². The number of carbonyl (C=O) groups excluding carboxylic acids is 2. The fourth-order valence-corrected chi connectivity index (χ4v) is 2.99. The molecular weight excluding hydrogens is 248 g/mol. The number of ether oxygens (including phenoxy) is 2. The van der Waals surface area contributed by atoms with Crippen molar-refractivity contribution in [1.82, 2.24) is 0 Å². The zero-order chi connectivity index (χ0) is 13.9. The highest BCUT2D eigenvalue weighted by atomic mass is 16.5. The third kappa shape index (κ3) is 3.08. The van der Waals surface area contributed by atoms with Gasteiger partial charge in [0.25, 0.3) is 0 Å². The van der Waals surface area contributed by atoms with Gasteiger partial charge in [-0.1, -0.05) is 0 Å². The summed E-state index contributed by atoms with van der Waals surface area (Å²) in [5, 5.41) is 10.8. The summed E-state index contributed by atoms with van der Waals surface area (Å²) in [7, 11) is 0. The second kappa shape index (κ2) is 5.90. The Balaban J connectivity index is 2.18. The SMILES string of the molecule is CC(O)(C1CCCCOC1=O)C1CCCCOC1=O. The Bertz CT molecular complexity index is 318. The summed E-state index contributed by atoms with van der Waals surface area (Å²) in [4.78, 5) is 23.9. The van der Waals surface area contributed by atoms with Crippen molar-refractivity contribution < 1.29 is 24.2 Å². The largest absolute Gasteiger partial charge is 0.465 e. The summed E-state index contributed by atoms with van der Waals surface area (Å²) in [6.45, 7) is 2.38. The standard InChI is InChI=1S/C14H22O5/c1-14(17,10-6-2-4-8-18-12(10)15)11-7-3-5-9-19-13(11)16/h10-11,17H,2-9H2,1H3. The van der Waals surface area contributed by atoms with Crippen LogP contribution in [0.4, 0.5) is 0 Å². The second-order valence-corrected chi connectivity index (χ2v) is 5.66. The molecule has 0 aromatic heterocycles. The first-order valence-corrected chi connectivity index (χ1v) is 7.09. The molecule has 108 valence electrons. The first-order valence-electron chi connectivity index (χ1n) is 7.09. The smallest absolute Gasteiger partial charge is 0.311 e. The molecule has 0 amide bonds. The van der Waals surface area contributed by atoms with Gasteiger partial charge in [0.2, 0.25) is 0 Å². The maximum absolute atomic E-state index is 12.0. The van der Waals surface area contributed by atoms with E-state index in [1.807, 2.05) is 0 Å². The van der Waals surface area contributed by atoms with Crippen LogP contribution in [-0.2, 0) is 19.1 Å². The Morgan fingerprint density at radius 2 is 1.37 bits per heavy atom. The lowest BCUT2D eigenvalue weighted by Gasteiger charge is -2.35. The highest BCUT2D eigenvalue weighted by Gasteiger charge is 2.48. The zero-order valence-electron chi connectivity index (χ0n) is 11.4. The Morgan fingerprint density at radius 3 is 1.79 bits per heavy atom. The quantitative estimate of drug-likeness (QED) is 0.768. The molecule has 0 bridgehead atoms. The van der Waals surface area contributed by atoms with E-state index in [0.717, 1.165) is 25.7 Å². The lowest BCUT2D eigenvalue weighted by Crippen LogP contribution is -2.49. The average molecular weight is 270 g/mol. The van der Waals surface area contributed by atoms with Crippen molar-refractivity contribution in [2.24, 2.45) is 11.8 Å². The number of rotatable bonds is 2. The third-order valence-electron chi connectivity index (χ3n) is 4.24. The lowest BCUT2D eigenvalue weighted by molar-refractivity contribution is -0.170. The molecule has 5 heteroatoms. The van der Waals surface area contributed by atoms with Crippen LogP contribution in [0.3, 0.4) is 0 Å². The topological polar surface area (TPSA) is 72.8 Å². The number of hydrogen-bond donors (Lipinski definition) is 1. The number of hydrogen-bond acceptors (Lipinski definition) is 5. The Hall–Kier alpha value is -1.10. The number of aliphatic hydroxyl groups is 1. The van der Waals surface area contributed by atoms with Gasteiger partial charge in [-0.15, -0.1) is 0 Å². The number of esters is 2. The van der Waals surface area contributed by atoms with Crippen LogP contribution >= 0.6 is 0 Å². The van der Waals surface area contributed by atoms with Gasteiger partial charge in [-0.05, 0) is 45.4 Å². The van der Waals surface area contributed by atoms with Gasteiger partial charge in [-0.25, -0.2) is 0 Å². The average Bonchev–Trinajstić information content (AvgIpc) is 2.69. The maximum Gasteiger partial charge on any atom is 0.311 e. The molecule has 0 spiro atoms. The molecular formula is C14H22O5. The van der Waals surface area contributed by atoms with Crippen LogP contribution in [0, 0.1) is 11.8 Å². The lowest BCUT2D eigenvalue weighted by atomic mass is 9.74. The van der Waals surface area contributed by atoms with Crippen LogP contribution in [0.15, 0.2) is 0 Å².